The molecule has 0 saturated heterocycles. The van der Waals surface area contributed by atoms with Crippen molar-refractivity contribution in [1.29, 1.82) is 0 Å². The summed E-state index contributed by atoms with van der Waals surface area (Å²) in [4.78, 5) is 21.6. The second-order valence-corrected chi connectivity index (χ2v) is 17.0. The lowest BCUT2D eigenvalue weighted by molar-refractivity contribution is 0.574. The maximum atomic E-state index is 6.90. The van der Waals surface area contributed by atoms with Crippen LogP contribution >= 0.6 is 0 Å². The van der Waals surface area contributed by atoms with Gasteiger partial charge in [0.1, 0.15) is 5.52 Å². The zero-order valence-electron chi connectivity index (χ0n) is 35.9. The fraction of sp³-hybridized carbons (Fsp3) is 0. The highest BCUT2D eigenvalue weighted by Gasteiger charge is 2.26. The van der Waals surface area contributed by atoms with Gasteiger partial charge >= 0.3 is 6.01 Å². The van der Waals surface area contributed by atoms with Crippen molar-refractivity contribution < 1.29 is 4.42 Å². The molecule has 7 heteroatoms. The maximum Gasteiger partial charge on any atom is 0.307 e. The molecule has 0 aliphatic rings. The molecule has 10 aromatic carbocycles. The lowest BCUT2D eigenvalue weighted by Gasteiger charge is -2.13. The first kappa shape index (κ1) is 37.2. The number of para-hydroxylation sites is 2. The van der Waals surface area contributed by atoms with Crippen molar-refractivity contribution in [3.05, 3.63) is 218 Å². The highest BCUT2D eigenvalue weighted by atomic mass is 16.4. The molecule has 14 rings (SSSR count). The Labute approximate surface area is 383 Å². The van der Waals surface area contributed by atoms with Crippen LogP contribution in [0.25, 0.3) is 133 Å². The Bertz CT molecular complexity index is 4180. The van der Waals surface area contributed by atoms with Crippen molar-refractivity contribution in [1.82, 2.24) is 29.1 Å². The topological polar surface area (TPSA) is 74.6 Å². The minimum Gasteiger partial charge on any atom is -0.423 e. The van der Waals surface area contributed by atoms with Crippen LogP contribution in [0.5, 0.6) is 0 Å². The van der Waals surface area contributed by atoms with E-state index in [0.717, 1.165) is 110 Å². The smallest absolute Gasteiger partial charge is 0.307 e. The van der Waals surface area contributed by atoms with Gasteiger partial charge in [-0.3, -0.25) is 9.13 Å². The second-order valence-electron chi connectivity index (χ2n) is 17.0. The van der Waals surface area contributed by atoms with Crippen LogP contribution in [0, 0.1) is 0 Å². The summed E-state index contributed by atoms with van der Waals surface area (Å²) >= 11 is 0. The van der Waals surface area contributed by atoms with E-state index in [4.69, 9.17) is 24.4 Å². The van der Waals surface area contributed by atoms with E-state index < -0.39 is 0 Å². The molecule has 0 aliphatic heterocycles. The van der Waals surface area contributed by atoms with E-state index in [9.17, 15) is 0 Å². The molecule has 67 heavy (non-hydrogen) atoms. The number of oxazole rings is 1. The third-order valence-electron chi connectivity index (χ3n) is 13.2. The predicted octanol–water partition coefficient (Wildman–Crippen LogP) is 15.2. The number of benzene rings is 10. The lowest BCUT2D eigenvalue weighted by atomic mass is 10.0. The largest absolute Gasteiger partial charge is 0.423 e. The van der Waals surface area contributed by atoms with Crippen LogP contribution < -0.4 is 0 Å². The molecule has 312 valence electrons. The molecule has 0 amide bonds. The van der Waals surface area contributed by atoms with Gasteiger partial charge in [0.2, 0.25) is 5.95 Å². The Kier molecular flexibility index (Phi) is 8.15. The molecule has 0 fully saturated rings. The van der Waals surface area contributed by atoms with Gasteiger partial charge in [-0.2, -0.15) is 15.0 Å². The third-order valence-corrected chi connectivity index (χ3v) is 13.2. The van der Waals surface area contributed by atoms with Crippen molar-refractivity contribution in [3.8, 4) is 57.0 Å². The molecule has 0 unspecified atom stereocenters. The molecular formula is C60H36N6O. The number of nitrogens with zero attached hydrogens (tertiary/aromatic N) is 6. The number of hydrogen-bond donors (Lipinski definition) is 0. The van der Waals surface area contributed by atoms with Gasteiger partial charge in [-0.15, -0.1) is 0 Å². The van der Waals surface area contributed by atoms with E-state index in [1.807, 2.05) is 18.2 Å². The Balaban J connectivity index is 1.08. The SMILES string of the molecule is c1ccc(-c2cccc(-c3nc(-c4cccc(-c5ccccc5)c4)nc(-n4c5ccccc5c5ccc6c7ccccc7n(-c7nc8c(ccc9ccc%10ccccc%10c98)o7)c6c54)n3)c2)cc1. The minimum absolute atomic E-state index is 0.485. The third kappa shape index (κ3) is 5.85. The van der Waals surface area contributed by atoms with Gasteiger partial charge < -0.3 is 4.42 Å². The molecule has 0 saturated carbocycles. The summed E-state index contributed by atoms with van der Waals surface area (Å²) in [6, 6.07) is 76.7. The number of rotatable bonds is 6. The second kappa shape index (κ2) is 14.7. The Morgan fingerprint density at radius 1 is 0.328 bits per heavy atom. The molecule has 0 bridgehead atoms. The summed E-state index contributed by atoms with van der Waals surface area (Å²) in [6.45, 7) is 0. The lowest BCUT2D eigenvalue weighted by Crippen LogP contribution is -2.07. The first-order valence-corrected chi connectivity index (χ1v) is 22.5. The maximum absolute atomic E-state index is 6.90. The van der Waals surface area contributed by atoms with Crippen molar-refractivity contribution in [2.75, 3.05) is 0 Å². The minimum atomic E-state index is 0.485. The van der Waals surface area contributed by atoms with E-state index in [0.29, 0.717) is 23.6 Å². The van der Waals surface area contributed by atoms with Crippen LogP contribution in [0.1, 0.15) is 0 Å². The molecule has 4 heterocycles. The molecular weight excluding hydrogens is 821 g/mol. The Morgan fingerprint density at radius 3 is 1.46 bits per heavy atom. The number of aromatic nitrogens is 6. The molecule has 0 aliphatic carbocycles. The van der Waals surface area contributed by atoms with Gasteiger partial charge in [0, 0.05) is 38.1 Å². The first-order chi connectivity index (χ1) is 33.2. The highest BCUT2D eigenvalue weighted by molar-refractivity contribution is 6.24. The normalized spacial score (nSPS) is 11.9. The molecule has 7 nitrogen and oxygen atoms in total. The summed E-state index contributed by atoms with van der Waals surface area (Å²) < 4.78 is 11.3. The number of fused-ring (bicyclic) bond motifs is 12. The monoisotopic (exact) mass is 856 g/mol. The zero-order chi connectivity index (χ0) is 44.0. The molecule has 0 N–H and O–H groups in total. The van der Waals surface area contributed by atoms with Crippen molar-refractivity contribution in [2.24, 2.45) is 0 Å². The Morgan fingerprint density at radius 2 is 0.821 bits per heavy atom. The van der Waals surface area contributed by atoms with Crippen LogP contribution in [0.15, 0.2) is 223 Å². The van der Waals surface area contributed by atoms with Gasteiger partial charge in [0.05, 0.1) is 22.1 Å². The summed E-state index contributed by atoms with van der Waals surface area (Å²) in [5.41, 5.74) is 11.5. The van der Waals surface area contributed by atoms with E-state index in [1.165, 1.54) is 0 Å². The van der Waals surface area contributed by atoms with Crippen LogP contribution in [0.4, 0.5) is 0 Å². The van der Waals surface area contributed by atoms with Crippen LogP contribution in [0.2, 0.25) is 0 Å². The summed E-state index contributed by atoms with van der Waals surface area (Å²) in [5, 5.41) is 8.76. The summed E-state index contributed by atoms with van der Waals surface area (Å²) in [6.07, 6.45) is 0. The van der Waals surface area contributed by atoms with Crippen LogP contribution in [-0.4, -0.2) is 29.1 Å². The molecule has 14 aromatic rings. The van der Waals surface area contributed by atoms with E-state index in [2.05, 4.69) is 209 Å². The van der Waals surface area contributed by atoms with Gasteiger partial charge in [0.25, 0.3) is 0 Å². The molecule has 0 radical (unpaired) electrons. The van der Waals surface area contributed by atoms with Crippen LogP contribution in [0.3, 0.4) is 0 Å². The van der Waals surface area contributed by atoms with Crippen molar-refractivity contribution in [3.63, 3.8) is 0 Å². The zero-order valence-corrected chi connectivity index (χ0v) is 35.9. The van der Waals surface area contributed by atoms with Gasteiger partial charge in [-0.25, -0.2) is 4.98 Å². The molecule has 0 atom stereocenters. The average molecular weight is 857 g/mol. The van der Waals surface area contributed by atoms with Crippen molar-refractivity contribution >= 4 is 76.3 Å². The standard InChI is InChI=1S/C60H36N6O/c1-3-15-37(16-4-1)41-20-13-22-43(35-41)57-62-58(44-23-14-21-42(36-44)38-17-5-2-6-18-38)64-59(63-57)65-50-27-11-9-25-46(50)48-32-33-49-47-26-10-12-28-51(47)66(56(49)55(48)65)60-61-54-52(67-60)34-31-40-30-29-39-19-7-8-24-45(39)53(40)54/h1-36H. The fourth-order valence-electron chi connectivity index (χ4n) is 10.1. The fourth-order valence-corrected chi connectivity index (χ4v) is 10.1. The van der Waals surface area contributed by atoms with Crippen molar-refractivity contribution in [2.45, 2.75) is 0 Å². The van der Waals surface area contributed by atoms with Gasteiger partial charge in [0.15, 0.2) is 17.2 Å². The number of hydrogen-bond acceptors (Lipinski definition) is 5. The van der Waals surface area contributed by atoms with E-state index in [1.54, 1.807) is 0 Å². The summed E-state index contributed by atoms with van der Waals surface area (Å²) in [5.74, 6) is 1.64. The molecule has 0 spiro atoms. The summed E-state index contributed by atoms with van der Waals surface area (Å²) in [7, 11) is 0. The molecule has 4 aromatic heterocycles. The first-order valence-electron chi connectivity index (χ1n) is 22.5. The average Bonchev–Trinajstić information content (AvgIpc) is 4.09. The van der Waals surface area contributed by atoms with Gasteiger partial charge in [-0.05, 0) is 68.7 Å². The van der Waals surface area contributed by atoms with E-state index >= 15 is 0 Å². The highest BCUT2D eigenvalue weighted by Crippen LogP contribution is 2.43. The Hall–Kier alpha value is -9.20. The van der Waals surface area contributed by atoms with E-state index in [-0.39, 0.29) is 0 Å². The predicted molar refractivity (Wildman–Crippen MR) is 273 cm³/mol. The van der Waals surface area contributed by atoms with Gasteiger partial charge in [-0.1, -0.05) is 188 Å². The van der Waals surface area contributed by atoms with Crippen LogP contribution in [-0.2, 0) is 0 Å². The quantitative estimate of drug-likeness (QED) is 0.156.